The molecule has 0 saturated heterocycles. The number of amides is 2. The molecular formula is C20H25FN2O2. The van der Waals surface area contributed by atoms with Gasteiger partial charge in [0.25, 0.3) is 5.91 Å². The van der Waals surface area contributed by atoms with Crippen molar-refractivity contribution in [2.45, 2.75) is 64.6 Å². The van der Waals surface area contributed by atoms with E-state index in [1.165, 1.54) is 17.7 Å². The number of halogens is 1. The second-order valence-corrected chi connectivity index (χ2v) is 7.15. The van der Waals surface area contributed by atoms with Crippen LogP contribution in [0.25, 0.3) is 0 Å². The normalized spacial score (nSPS) is 20.2. The molecule has 0 aromatic heterocycles. The van der Waals surface area contributed by atoms with Crippen molar-refractivity contribution in [1.82, 2.24) is 10.2 Å². The Morgan fingerprint density at radius 2 is 2.00 bits per heavy atom. The van der Waals surface area contributed by atoms with E-state index in [1.807, 2.05) is 18.7 Å². The average molecular weight is 344 g/mol. The third kappa shape index (κ3) is 3.75. The highest BCUT2D eigenvalue weighted by molar-refractivity contribution is 6.02. The van der Waals surface area contributed by atoms with E-state index in [-0.39, 0.29) is 36.1 Å². The van der Waals surface area contributed by atoms with Gasteiger partial charge in [-0.05, 0) is 56.4 Å². The number of hydrogen-bond acceptors (Lipinski definition) is 2. The maximum atomic E-state index is 12.9. The molecule has 1 aliphatic heterocycles. The topological polar surface area (TPSA) is 49.4 Å². The van der Waals surface area contributed by atoms with Gasteiger partial charge in [-0.25, -0.2) is 4.39 Å². The van der Waals surface area contributed by atoms with E-state index in [0.29, 0.717) is 12.1 Å². The number of carbonyl (C=O) groups is 2. The minimum atomic E-state index is -0.296. The van der Waals surface area contributed by atoms with Gasteiger partial charge >= 0.3 is 0 Å². The van der Waals surface area contributed by atoms with Crippen LogP contribution in [-0.2, 0) is 16.1 Å². The summed E-state index contributed by atoms with van der Waals surface area (Å²) in [7, 11) is 0. The van der Waals surface area contributed by atoms with E-state index in [2.05, 4.69) is 5.32 Å². The van der Waals surface area contributed by atoms with E-state index in [4.69, 9.17) is 0 Å². The minimum absolute atomic E-state index is 0.0221. The van der Waals surface area contributed by atoms with E-state index in [1.54, 1.807) is 12.1 Å². The predicted molar refractivity (Wildman–Crippen MR) is 94.1 cm³/mol. The fraction of sp³-hybridized carbons (Fsp3) is 0.500. The number of hydrogen-bond donors (Lipinski definition) is 1. The first-order valence-electron chi connectivity index (χ1n) is 9.03. The summed E-state index contributed by atoms with van der Waals surface area (Å²) in [5, 5.41) is 2.84. The van der Waals surface area contributed by atoms with Crippen LogP contribution >= 0.6 is 0 Å². The SMILES string of the molecule is CC(C)N1C(=O)C(CC(=O)NCc2ccc(F)cc2)=C2CCCCC21. The zero-order valence-electron chi connectivity index (χ0n) is 14.8. The molecule has 1 aromatic rings. The van der Waals surface area contributed by atoms with Crippen molar-refractivity contribution >= 4 is 11.8 Å². The summed E-state index contributed by atoms with van der Waals surface area (Å²) in [6.45, 7) is 4.40. The molecule has 1 heterocycles. The van der Waals surface area contributed by atoms with Gasteiger partial charge in [0.1, 0.15) is 5.82 Å². The van der Waals surface area contributed by atoms with Gasteiger partial charge in [0.2, 0.25) is 5.91 Å². The summed E-state index contributed by atoms with van der Waals surface area (Å²) in [6.07, 6.45) is 4.27. The van der Waals surface area contributed by atoms with E-state index in [9.17, 15) is 14.0 Å². The van der Waals surface area contributed by atoms with Crippen molar-refractivity contribution in [1.29, 1.82) is 0 Å². The summed E-state index contributed by atoms with van der Waals surface area (Å²) in [5.41, 5.74) is 2.70. The molecule has 1 atom stereocenters. The second kappa shape index (κ2) is 7.38. The Balaban J connectivity index is 1.66. The summed E-state index contributed by atoms with van der Waals surface area (Å²) in [6, 6.07) is 6.37. The molecule has 1 unspecified atom stereocenters. The Kier molecular flexibility index (Phi) is 5.21. The zero-order valence-corrected chi connectivity index (χ0v) is 14.8. The smallest absolute Gasteiger partial charge is 0.251 e. The molecule has 1 N–H and O–H groups in total. The highest BCUT2D eigenvalue weighted by Gasteiger charge is 2.41. The lowest BCUT2D eigenvalue weighted by molar-refractivity contribution is -0.130. The van der Waals surface area contributed by atoms with Gasteiger partial charge in [-0.3, -0.25) is 9.59 Å². The lowest BCUT2D eigenvalue weighted by atomic mass is 9.88. The molecule has 0 radical (unpaired) electrons. The van der Waals surface area contributed by atoms with Crippen LogP contribution in [0.5, 0.6) is 0 Å². The summed E-state index contributed by atoms with van der Waals surface area (Å²) >= 11 is 0. The lowest BCUT2D eigenvalue weighted by Gasteiger charge is -2.33. The fourth-order valence-corrected chi connectivity index (χ4v) is 3.90. The second-order valence-electron chi connectivity index (χ2n) is 7.15. The molecule has 2 aliphatic rings. The molecule has 0 spiro atoms. The van der Waals surface area contributed by atoms with Crippen LogP contribution in [0.15, 0.2) is 35.4 Å². The molecule has 1 saturated carbocycles. The maximum absolute atomic E-state index is 12.9. The molecule has 0 bridgehead atoms. The lowest BCUT2D eigenvalue weighted by Crippen LogP contribution is -2.41. The van der Waals surface area contributed by atoms with Crippen molar-refractivity contribution in [2.75, 3.05) is 0 Å². The van der Waals surface area contributed by atoms with E-state index in [0.717, 1.165) is 31.2 Å². The highest BCUT2D eigenvalue weighted by atomic mass is 19.1. The Bertz CT molecular complexity index is 694. The van der Waals surface area contributed by atoms with Gasteiger partial charge in [0.15, 0.2) is 0 Å². The number of fused-ring (bicyclic) bond motifs is 1. The Morgan fingerprint density at radius 1 is 1.28 bits per heavy atom. The van der Waals surface area contributed by atoms with Crippen LogP contribution in [0.4, 0.5) is 4.39 Å². The summed E-state index contributed by atoms with van der Waals surface area (Å²) in [5.74, 6) is -0.431. The van der Waals surface area contributed by atoms with Crippen LogP contribution < -0.4 is 5.32 Å². The number of nitrogens with zero attached hydrogens (tertiary/aromatic N) is 1. The standard InChI is InChI=1S/C20H25FN2O2/c1-13(2)23-18-6-4-3-5-16(18)17(20(23)25)11-19(24)22-12-14-7-9-15(21)10-8-14/h7-10,13,18H,3-6,11-12H2,1-2H3,(H,22,24). The Morgan fingerprint density at radius 3 is 2.68 bits per heavy atom. The maximum Gasteiger partial charge on any atom is 0.251 e. The van der Waals surface area contributed by atoms with Crippen molar-refractivity contribution in [3.05, 3.63) is 46.8 Å². The number of carbonyl (C=O) groups excluding carboxylic acids is 2. The van der Waals surface area contributed by atoms with Crippen molar-refractivity contribution in [3.63, 3.8) is 0 Å². The fourth-order valence-electron chi connectivity index (χ4n) is 3.90. The van der Waals surface area contributed by atoms with Crippen LogP contribution in [0, 0.1) is 5.82 Å². The predicted octanol–water partition coefficient (Wildman–Crippen LogP) is 3.32. The zero-order chi connectivity index (χ0) is 18.0. The van der Waals surface area contributed by atoms with Crippen LogP contribution in [0.1, 0.15) is 51.5 Å². The summed E-state index contributed by atoms with van der Waals surface area (Å²) < 4.78 is 12.9. The van der Waals surface area contributed by atoms with Gasteiger partial charge in [-0.1, -0.05) is 18.6 Å². The van der Waals surface area contributed by atoms with E-state index < -0.39 is 0 Å². The monoisotopic (exact) mass is 344 g/mol. The first kappa shape index (κ1) is 17.6. The van der Waals surface area contributed by atoms with Crippen LogP contribution in [0.2, 0.25) is 0 Å². The molecule has 3 rings (SSSR count). The molecule has 4 nitrogen and oxygen atoms in total. The molecule has 1 aliphatic carbocycles. The van der Waals surface area contributed by atoms with Crippen LogP contribution in [-0.4, -0.2) is 28.8 Å². The molecule has 1 aromatic carbocycles. The molecule has 134 valence electrons. The first-order chi connectivity index (χ1) is 12.0. The highest BCUT2D eigenvalue weighted by Crippen LogP contribution is 2.38. The summed E-state index contributed by atoms with van der Waals surface area (Å²) in [4.78, 5) is 27.1. The third-order valence-corrected chi connectivity index (χ3v) is 5.09. The van der Waals surface area contributed by atoms with Crippen molar-refractivity contribution < 1.29 is 14.0 Å². The molecule has 2 amide bonds. The van der Waals surface area contributed by atoms with Crippen molar-refractivity contribution in [3.8, 4) is 0 Å². The van der Waals surface area contributed by atoms with Crippen molar-refractivity contribution in [2.24, 2.45) is 0 Å². The van der Waals surface area contributed by atoms with Gasteiger partial charge in [-0.2, -0.15) is 0 Å². The number of benzene rings is 1. The average Bonchev–Trinajstić information content (AvgIpc) is 2.86. The molecule has 25 heavy (non-hydrogen) atoms. The van der Waals surface area contributed by atoms with E-state index >= 15 is 0 Å². The number of nitrogens with one attached hydrogen (secondary N) is 1. The van der Waals surface area contributed by atoms with Crippen LogP contribution in [0.3, 0.4) is 0 Å². The van der Waals surface area contributed by atoms with Gasteiger partial charge < -0.3 is 10.2 Å². The Labute approximate surface area is 148 Å². The first-order valence-corrected chi connectivity index (χ1v) is 9.03. The molecular weight excluding hydrogens is 319 g/mol. The largest absolute Gasteiger partial charge is 0.352 e. The van der Waals surface area contributed by atoms with Gasteiger partial charge in [-0.15, -0.1) is 0 Å². The third-order valence-electron chi connectivity index (χ3n) is 5.09. The van der Waals surface area contributed by atoms with Gasteiger partial charge in [0.05, 0.1) is 12.5 Å². The minimum Gasteiger partial charge on any atom is -0.352 e. The number of rotatable bonds is 5. The molecule has 1 fully saturated rings. The molecule has 5 heteroatoms. The quantitative estimate of drug-likeness (QED) is 0.891. The van der Waals surface area contributed by atoms with Gasteiger partial charge in [0, 0.05) is 18.2 Å². The Hall–Kier alpha value is -2.17.